The van der Waals surface area contributed by atoms with Gasteiger partial charge in [-0.05, 0) is 92.1 Å². The van der Waals surface area contributed by atoms with Gasteiger partial charge in [-0.25, -0.2) is 8.42 Å². The minimum absolute atomic E-state index is 0. The number of aryl methyl sites for hydroxylation is 1. The van der Waals surface area contributed by atoms with Crippen LogP contribution in [0.5, 0.6) is 0 Å². The van der Waals surface area contributed by atoms with Crippen LogP contribution in [0.1, 0.15) is 44.5 Å². The molecule has 30 heavy (non-hydrogen) atoms. The quantitative estimate of drug-likeness (QED) is 0.333. The number of nitrogens with one attached hydrogen (secondary N) is 2. The van der Waals surface area contributed by atoms with Crippen LogP contribution in [0.25, 0.3) is 0 Å². The Hall–Kier alpha value is -1.61. The van der Waals surface area contributed by atoms with E-state index in [0.29, 0.717) is 23.9 Å². The highest BCUT2D eigenvalue weighted by atomic mass is 127. The molecule has 0 saturated heterocycles. The number of sulfone groups is 1. The summed E-state index contributed by atoms with van der Waals surface area (Å²) < 4.78 is 23.6. The van der Waals surface area contributed by atoms with Crippen molar-refractivity contribution >= 4 is 39.8 Å². The van der Waals surface area contributed by atoms with E-state index in [9.17, 15) is 8.42 Å². The molecule has 0 atom stereocenters. The lowest BCUT2D eigenvalue weighted by Gasteiger charge is -2.20. The summed E-state index contributed by atoms with van der Waals surface area (Å²) in [5.74, 6) is 0.713. The number of aliphatic imine (C=N–C) groups is 1. The standard InChI is InChI=1S/C23H33N3O2S.HI/c1-14-11-20(9-10-22(14)29(8,27)28)12-25-23(24-7)26-13-21-18(5)16(3)15(2)17(4)19(21)6;/h9-11H,12-13H2,1-8H3,(H2,24,25,26);1H. The van der Waals surface area contributed by atoms with Crippen molar-refractivity contribution in [3.05, 3.63) is 62.7 Å². The molecule has 0 saturated carbocycles. The van der Waals surface area contributed by atoms with Crippen molar-refractivity contribution in [1.29, 1.82) is 0 Å². The summed E-state index contributed by atoms with van der Waals surface area (Å²) in [7, 11) is -1.45. The fraction of sp³-hybridized carbons (Fsp3) is 0.435. The van der Waals surface area contributed by atoms with Gasteiger partial charge < -0.3 is 10.6 Å². The number of benzene rings is 2. The van der Waals surface area contributed by atoms with E-state index in [1.54, 1.807) is 13.1 Å². The van der Waals surface area contributed by atoms with Crippen molar-refractivity contribution in [1.82, 2.24) is 10.6 Å². The molecular formula is C23H34IN3O2S. The number of halogens is 1. The molecule has 0 fully saturated rings. The highest BCUT2D eigenvalue weighted by Crippen LogP contribution is 2.25. The molecule has 2 aromatic rings. The molecule has 2 rings (SSSR count). The molecule has 7 heteroatoms. The molecular weight excluding hydrogens is 509 g/mol. The van der Waals surface area contributed by atoms with E-state index < -0.39 is 9.84 Å². The Balaban J connectivity index is 0.00000450. The summed E-state index contributed by atoms with van der Waals surface area (Å²) in [6, 6.07) is 5.41. The Morgan fingerprint density at radius 3 is 1.83 bits per heavy atom. The topological polar surface area (TPSA) is 70.6 Å². The molecule has 0 heterocycles. The number of hydrogen-bond donors (Lipinski definition) is 2. The minimum Gasteiger partial charge on any atom is -0.352 e. The molecule has 0 radical (unpaired) electrons. The Morgan fingerprint density at radius 2 is 1.37 bits per heavy atom. The Kier molecular flexibility index (Phi) is 9.35. The van der Waals surface area contributed by atoms with Crippen LogP contribution in [0.2, 0.25) is 0 Å². The molecule has 5 nitrogen and oxygen atoms in total. The zero-order chi connectivity index (χ0) is 21.9. The first-order valence-electron chi connectivity index (χ1n) is 9.77. The van der Waals surface area contributed by atoms with E-state index in [2.05, 4.69) is 50.2 Å². The van der Waals surface area contributed by atoms with Gasteiger partial charge in [0.25, 0.3) is 0 Å². The van der Waals surface area contributed by atoms with Gasteiger partial charge in [-0.15, -0.1) is 24.0 Å². The van der Waals surface area contributed by atoms with Crippen LogP contribution in [0.15, 0.2) is 28.1 Å². The molecule has 0 amide bonds. The lowest BCUT2D eigenvalue weighted by molar-refractivity contribution is 0.601. The second-order valence-electron chi connectivity index (χ2n) is 7.75. The summed E-state index contributed by atoms with van der Waals surface area (Å²) in [5, 5.41) is 6.72. The average molecular weight is 544 g/mol. The van der Waals surface area contributed by atoms with Gasteiger partial charge in [0.2, 0.25) is 0 Å². The molecule has 0 unspecified atom stereocenters. The lowest BCUT2D eigenvalue weighted by atomic mass is 9.89. The zero-order valence-electron chi connectivity index (χ0n) is 19.2. The second-order valence-corrected chi connectivity index (χ2v) is 9.74. The van der Waals surface area contributed by atoms with Gasteiger partial charge in [-0.1, -0.05) is 12.1 Å². The minimum atomic E-state index is -3.20. The molecule has 0 aliphatic carbocycles. The highest BCUT2D eigenvalue weighted by molar-refractivity contribution is 14.0. The smallest absolute Gasteiger partial charge is 0.191 e. The Bertz CT molecular complexity index is 1030. The third kappa shape index (κ3) is 5.97. The summed E-state index contributed by atoms with van der Waals surface area (Å²) in [6.45, 7) is 14.0. The number of guanidine groups is 1. The molecule has 2 aromatic carbocycles. The molecule has 0 spiro atoms. The third-order valence-corrected chi connectivity index (χ3v) is 7.17. The highest BCUT2D eigenvalue weighted by Gasteiger charge is 2.13. The van der Waals surface area contributed by atoms with E-state index in [-0.39, 0.29) is 24.0 Å². The Morgan fingerprint density at radius 1 is 0.867 bits per heavy atom. The van der Waals surface area contributed by atoms with Crippen LogP contribution in [0.3, 0.4) is 0 Å². The van der Waals surface area contributed by atoms with Crippen molar-refractivity contribution in [2.75, 3.05) is 13.3 Å². The lowest BCUT2D eigenvalue weighted by Crippen LogP contribution is -2.36. The number of rotatable bonds is 5. The fourth-order valence-corrected chi connectivity index (χ4v) is 4.62. The summed E-state index contributed by atoms with van der Waals surface area (Å²) in [5.41, 5.74) is 9.75. The van der Waals surface area contributed by atoms with Gasteiger partial charge >= 0.3 is 0 Å². The maximum Gasteiger partial charge on any atom is 0.191 e. The molecule has 0 aliphatic rings. The van der Waals surface area contributed by atoms with Crippen molar-refractivity contribution in [3.8, 4) is 0 Å². The monoisotopic (exact) mass is 543 g/mol. The van der Waals surface area contributed by atoms with Gasteiger partial charge in [0, 0.05) is 26.4 Å². The third-order valence-electron chi connectivity index (χ3n) is 5.91. The van der Waals surface area contributed by atoms with Crippen molar-refractivity contribution in [2.24, 2.45) is 4.99 Å². The van der Waals surface area contributed by atoms with Crippen molar-refractivity contribution in [3.63, 3.8) is 0 Å². The van der Waals surface area contributed by atoms with E-state index >= 15 is 0 Å². The van der Waals surface area contributed by atoms with Crippen LogP contribution < -0.4 is 10.6 Å². The second kappa shape index (κ2) is 10.6. The van der Waals surface area contributed by atoms with E-state index in [4.69, 9.17) is 0 Å². The number of hydrogen-bond acceptors (Lipinski definition) is 3. The van der Waals surface area contributed by atoms with E-state index in [1.807, 2.05) is 19.1 Å². The maximum absolute atomic E-state index is 11.8. The fourth-order valence-electron chi connectivity index (χ4n) is 3.66. The Labute approximate surface area is 198 Å². The van der Waals surface area contributed by atoms with Crippen molar-refractivity contribution in [2.45, 2.75) is 59.5 Å². The molecule has 0 bridgehead atoms. The number of nitrogens with zero attached hydrogens (tertiary/aromatic N) is 1. The molecule has 166 valence electrons. The van der Waals surface area contributed by atoms with Gasteiger partial charge in [0.05, 0.1) is 4.90 Å². The van der Waals surface area contributed by atoms with Crippen LogP contribution in [0, 0.1) is 41.5 Å². The average Bonchev–Trinajstić information content (AvgIpc) is 2.66. The SMILES string of the molecule is CN=C(NCc1ccc(S(C)(=O)=O)c(C)c1)NCc1c(C)c(C)c(C)c(C)c1C.I. The predicted octanol–water partition coefficient (Wildman–Crippen LogP) is 4.42. The largest absolute Gasteiger partial charge is 0.352 e. The van der Waals surface area contributed by atoms with Crippen LogP contribution in [-0.4, -0.2) is 27.7 Å². The van der Waals surface area contributed by atoms with Crippen LogP contribution in [-0.2, 0) is 22.9 Å². The normalized spacial score (nSPS) is 11.8. The molecule has 2 N–H and O–H groups in total. The van der Waals surface area contributed by atoms with Gasteiger partial charge in [0.1, 0.15) is 0 Å². The first kappa shape index (κ1) is 26.4. The maximum atomic E-state index is 11.8. The van der Waals surface area contributed by atoms with E-state index in [0.717, 1.165) is 11.1 Å². The first-order chi connectivity index (χ1) is 13.5. The van der Waals surface area contributed by atoms with Gasteiger partial charge in [-0.2, -0.15) is 0 Å². The zero-order valence-corrected chi connectivity index (χ0v) is 22.4. The van der Waals surface area contributed by atoms with E-state index in [1.165, 1.54) is 39.6 Å². The van der Waals surface area contributed by atoms with Crippen LogP contribution in [0.4, 0.5) is 0 Å². The molecule has 0 aromatic heterocycles. The summed E-state index contributed by atoms with van der Waals surface area (Å²) >= 11 is 0. The summed E-state index contributed by atoms with van der Waals surface area (Å²) in [6.07, 6.45) is 1.23. The predicted molar refractivity (Wildman–Crippen MR) is 137 cm³/mol. The van der Waals surface area contributed by atoms with Crippen molar-refractivity contribution < 1.29 is 8.42 Å². The van der Waals surface area contributed by atoms with Gasteiger partial charge in [-0.3, -0.25) is 4.99 Å². The molecule has 0 aliphatic heterocycles. The van der Waals surface area contributed by atoms with Crippen LogP contribution >= 0.6 is 24.0 Å². The first-order valence-corrected chi connectivity index (χ1v) is 11.7. The van der Waals surface area contributed by atoms with Gasteiger partial charge in [0.15, 0.2) is 15.8 Å². The summed E-state index contributed by atoms with van der Waals surface area (Å²) in [4.78, 5) is 4.69.